The highest BCUT2D eigenvalue weighted by molar-refractivity contribution is 7.25. The first kappa shape index (κ1) is 30.0. The first-order valence-corrected chi connectivity index (χ1v) is 18.9. The van der Waals surface area contributed by atoms with Gasteiger partial charge in [0.25, 0.3) is 0 Å². The van der Waals surface area contributed by atoms with E-state index in [1.807, 2.05) is 11.3 Å². The van der Waals surface area contributed by atoms with Crippen LogP contribution in [-0.4, -0.2) is 4.57 Å². The molecule has 0 saturated heterocycles. The van der Waals surface area contributed by atoms with Crippen molar-refractivity contribution >= 4 is 91.9 Å². The van der Waals surface area contributed by atoms with Gasteiger partial charge in [0.1, 0.15) is 0 Å². The molecular formula is C50H32N2S. The molecule has 0 aliphatic rings. The van der Waals surface area contributed by atoms with Gasteiger partial charge in [-0.2, -0.15) is 0 Å². The maximum atomic E-state index is 2.43. The fourth-order valence-electron chi connectivity index (χ4n) is 8.30. The maximum absolute atomic E-state index is 2.43. The van der Waals surface area contributed by atoms with Gasteiger partial charge < -0.3 is 9.47 Å². The molecule has 0 aliphatic heterocycles. The van der Waals surface area contributed by atoms with Crippen LogP contribution in [0.4, 0.5) is 17.1 Å². The molecule has 11 aromatic rings. The van der Waals surface area contributed by atoms with Crippen LogP contribution in [0.1, 0.15) is 0 Å². The van der Waals surface area contributed by atoms with E-state index < -0.39 is 0 Å². The Hall–Kier alpha value is -6.68. The fourth-order valence-corrected chi connectivity index (χ4v) is 9.39. The van der Waals surface area contributed by atoms with Gasteiger partial charge in [-0.15, -0.1) is 11.3 Å². The molecule has 0 amide bonds. The molecule has 2 heterocycles. The quantitative estimate of drug-likeness (QED) is 0.174. The molecule has 0 bridgehead atoms. The molecule has 11 rings (SSSR count). The fraction of sp³-hybridized carbons (Fsp3) is 0. The van der Waals surface area contributed by atoms with Gasteiger partial charge in [0, 0.05) is 53.1 Å². The Morgan fingerprint density at radius 3 is 1.81 bits per heavy atom. The van der Waals surface area contributed by atoms with Gasteiger partial charge in [-0.05, 0) is 88.6 Å². The van der Waals surface area contributed by atoms with Gasteiger partial charge in [-0.25, -0.2) is 0 Å². The van der Waals surface area contributed by atoms with E-state index in [-0.39, 0.29) is 0 Å². The Morgan fingerprint density at radius 1 is 0.358 bits per heavy atom. The van der Waals surface area contributed by atoms with Gasteiger partial charge >= 0.3 is 0 Å². The SMILES string of the molecule is c1ccc2c(N(c3ccc(-c4ccc5c(c4)c4ccccc4n5-c4cccc5ccccc45)cc3)c3ccc4sc5ccccc5c4c3)cccc2c1. The van der Waals surface area contributed by atoms with E-state index in [4.69, 9.17) is 0 Å². The summed E-state index contributed by atoms with van der Waals surface area (Å²) in [4.78, 5) is 2.42. The van der Waals surface area contributed by atoms with Crippen LogP contribution in [0.2, 0.25) is 0 Å². The molecule has 2 aromatic heterocycles. The molecule has 0 N–H and O–H groups in total. The minimum Gasteiger partial charge on any atom is -0.310 e. The molecule has 53 heavy (non-hydrogen) atoms. The number of hydrogen-bond donors (Lipinski definition) is 0. The Balaban J connectivity index is 1.05. The van der Waals surface area contributed by atoms with Crippen LogP contribution in [0.25, 0.3) is 80.3 Å². The van der Waals surface area contributed by atoms with Gasteiger partial charge in [-0.1, -0.05) is 127 Å². The highest BCUT2D eigenvalue weighted by atomic mass is 32.1. The predicted molar refractivity (Wildman–Crippen MR) is 229 cm³/mol. The molecule has 2 nitrogen and oxygen atoms in total. The maximum Gasteiger partial charge on any atom is 0.0541 e. The van der Waals surface area contributed by atoms with Crippen LogP contribution in [0.15, 0.2) is 194 Å². The van der Waals surface area contributed by atoms with Crippen molar-refractivity contribution in [1.29, 1.82) is 0 Å². The third kappa shape index (κ3) is 4.78. The third-order valence-corrected chi connectivity index (χ3v) is 11.9. The van der Waals surface area contributed by atoms with Gasteiger partial charge in [-0.3, -0.25) is 0 Å². The number of para-hydroxylation sites is 1. The van der Waals surface area contributed by atoms with Crippen molar-refractivity contribution in [2.45, 2.75) is 0 Å². The smallest absolute Gasteiger partial charge is 0.0541 e. The number of rotatable bonds is 5. The van der Waals surface area contributed by atoms with Crippen LogP contribution in [-0.2, 0) is 0 Å². The standard InChI is InChI=1S/C50H32N2S/c1-3-15-39-34(11-1)13-9-20-45(39)51(38-28-30-50-44(32-38)42-18-6-8-22-49(42)53-50)37-26-23-33(24-27-37)36-25-29-48-43(31-36)41-17-5-7-19-47(41)52(48)46-21-10-14-35-12-2-4-16-40(35)46/h1-32H. The second-order valence-electron chi connectivity index (χ2n) is 13.7. The van der Waals surface area contributed by atoms with Gasteiger partial charge in [0.15, 0.2) is 0 Å². The number of benzene rings is 9. The molecule has 0 saturated carbocycles. The van der Waals surface area contributed by atoms with E-state index in [9.17, 15) is 0 Å². The van der Waals surface area contributed by atoms with Crippen molar-refractivity contribution in [2.75, 3.05) is 4.90 Å². The minimum atomic E-state index is 1.12. The molecule has 0 radical (unpaired) electrons. The summed E-state index contributed by atoms with van der Waals surface area (Å²) < 4.78 is 5.05. The number of fused-ring (bicyclic) bond motifs is 8. The first-order valence-electron chi connectivity index (χ1n) is 18.1. The van der Waals surface area contributed by atoms with Crippen molar-refractivity contribution in [1.82, 2.24) is 4.57 Å². The second kappa shape index (κ2) is 11.9. The monoisotopic (exact) mass is 692 g/mol. The first-order chi connectivity index (χ1) is 26.3. The summed E-state index contributed by atoms with van der Waals surface area (Å²) in [5.74, 6) is 0. The molecule has 9 aromatic carbocycles. The summed E-state index contributed by atoms with van der Waals surface area (Å²) in [5.41, 5.74) is 9.45. The van der Waals surface area contributed by atoms with Gasteiger partial charge in [0.2, 0.25) is 0 Å². The number of nitrogens with zero attached hydrogens (tertiary/aromatic N) is 2. The summed E-state index contributed by atoms with van der Waals surface area (Å²) in [7, 11) is 0. The zero-order chi connectivity index (χ0) is 34.9. The lowest BCUT2D eigenvalue weighted by atomic mass is 10.0. The highest BCUT2D eigenvalue weighted by Crippen LogP contribution is 2.43. The zero-order valence-electron chi connectivity index (χ0n) is 28.8. The normalized spacial score (nSPS) is 11.8. The lowest BCUT2D eigenvalue weighted by molar-refractivity contribution is 1.20. The van der Waals surface area contributed by atoms with E-state index >= 15 is 0 Å². The average molecular weight is 693 g/mol. The molecule has 3 heteroatoms. The van der Waals surface area contributed by atoms with Crippen molar-refractivity contribution in [3.05, 3.63) is 194 Å². The lowest BCUT2D eigenvalue weighted by Crippen LogP contribution is -2.10. The summed E-state index contributed by atoms with van der Waals surface area (Å²) in [6.45, 7) is 0. The van der Waals surface area contributed by atoms with E-state index in [0.717, 1.165) is 17.1 Å². The summed E-state index contributed by atoms with van der Waals surface area (Å²) in [6.07, 6.45) is 0. The molecule has 0 aliphatic carbocycles. The Morgan fingerprint density at radius 2 is 0.962 bits per heavy atom. The number of aromatic nitrogens is 1. The average Bonchev–Trinajstić information content (AvgIpc) is 3.76. The Kier molecular flexibility index (Phi) is 6.76. The highest BCUT2D eigenvalue weighted by Gasteiger charge is 2.18. The van der Waals surface area contributed by atoms with Gasteiger partial charge in [0.05, 0.1) is 22.4 Å². The molecular weight excluding hydrogens is 661 g/mol. The van der Waals surface area contributed by atoms with E-state index in [1.165, 1.54) is 80.3 Å². The number of hydrogen-bond acceptors (Lipinski definition) is 2. The van der Waals surface area contributed by atoms with Crippen molar-refractivity contribution in [2.24, 2.45) is 0 Å². The lowest BCUT2D eigenvalue weighted by Gasteiger charge is -2.27. The zero-order valence-corrected chi connectivity index (χ0v) is 29.6. The molecule has 0 unspecified atom stereocenters. The molecule has 248 valence electrons. The van der Waals surface area contributed by atoms with Crippen molar-refractivity contribution in [3.8, 4) is 16.8 Å². The van der Waals surface area contributed by atoms with Crippen LogP contribution in [0.3, 0.4) is 0 Å². The number of thiophene rings is 1. The summed E-state index contributed by atoms with van der Waals surface area (Å²) in [6, 6.07) is 71.0. The van der Waals surface area contributed by atoms with E-state index in [2.05, 4.69) is 204 Å². The van der Waals surface area contributed by atoms with Crippen LogP contribution >= 0.6 is 11.3 Å². The summed E-state index contributed by atoms with van der Waals surface area (Å²) in [5, 5.41) is 10.1. The summed E-state index contributed by atoms with van der Waals surface area (Å²) >= 11 is 1.86. The molecule has 0 spiro atoms. The third-order valence-electron chi connectivity index (χ3n) is 10.8. The van der Waals surface area contributed by atoms with E-state index in [1.54, 1.807) is 0 Å². The van der Waals surface area contributed by atoms with Crippen molar-refractivity contribution in [3.63, 3.8) is 0 Å². The van der Waals surface area contributed by atoms with Crippen LogP contribution in [0, 0.1) is 0 Å². The van der Waals surface area contributed by atoms with E-state index in [0.29, 0.717) is 0 Å². The molecule has 0 fully saturated rings. The largest absolute Gasteiger partial charge is 0.310 e. The Labute approximate surface area is 311 Å². The van der Waals surface area contributed by atoms with Crippen LogP contribution in [0.5, 0.6) is 0 Å². The van der Waals surface area contributed by atoms with Crippen LogP contribution < -0.4 is 4.90 Å². The topological polar surface area (TPSA) is 8.17 Å². The second-order valence-corrected chi connectivity index (χ2v) is 14.8. The Bertz CT molecular complexity index is 3170. The molecule has 0 atom stereocenters. The minimum absolute atomic E-state index is 1.12. The predicted octanol–water partition coefficient (Wildman–Crippen LogP) is 14.6. The van der Waals surface area contributed by atoms with Crippen molar-refractivity contribution < 1.29 is 0 Å². The number of anilines is 3.